The fraction of sp³-hybridized carbons (Fsp3) is 0.500. The maximum Gasteiger partial charge on any atom is 0.235 e. The van der Waals surface area contributed by atoms with Crippen molar-refractivity contribution >= 4 is 0 Å². The summed E-state index contributed by atoms with van der Waals surface area (Å²) in [5.74, 6) is 0. The number of azo groups is 1. The first-order valence-corrected chi connectivity index (χ1v) is 2.19. The van der Waals surface area contributed by atoms with Crippen molar-refractivity contribution in [2.24, 2.45) is 10.2 Å². The quantitative estimate of drug-likeness (QED) is 0.438. The molecule has 0 spiro atoms. The van der Waals surface area contributed by atoms with Crippen molar-refractivity contribution in [1.82, 2.24) is 0 Å². The minimum absolute atomic E-state index is 1.20. The van der Waals surface area contributed by atoms with Crippen LogP contribution in [0.2, 0.25) is 0 Å². The third kappa shape index (κ3) is 0.907. The molecule has 0 fully saturated rings. The lowest BCUT2D eigenvalue weighted by molar-refractivity contribution is -0.0355. The van der Waals surface area contributed by atoms with E-state index in [0.29, 0.717) is 0 Å². The summed E-state index contributed by atoms with van der Waals surface area (Å²) < 4.78 is 0. The van der Waals surface area contributed by atoms with Crippen LogP contribution < -0.4 is 0 Å². The molecular formula is C4H4N2O2. The van der Waals surface area contributed by atoms with Gasteiger partial charge in [0.1, 0.15) is 0 Å². The Morgan fingerprint density at radius 2 is 2.12 bits per heavy atom. The monoisotopic (exact) mass is 112 g/mol. The second-order valence-corrected chi connectivity index (χ2v) is 1.43. The van der Waals surface area contributed by atoms with Crippen LogP contribution in [0.1, 0.15) is 0 Å². The summed E-state index contributed by atoms with van der Waals surface area (Å²) >= 11 is 0. The Kier molecular flexibility index (Phi) is 1.36. The highest BCUT2D eigenvalue weighted by molar-refractivity contribution is 4.92. The lowest BCUT2D eigenvalue weighted by atomic mass is 10.3. The number of hydrogen-bond acceptors (Lipinski definition) is 2. The molecule has 8 heavy (non-hydrogen) atoms. The van der Waals surface area contributed by atoms with Crippen LogP contribution in [0.25, 0.3) is 0 Å². The van der Waals surface area contributed by atoms with Crippen molar-refractivity contribution < 1.29 is 10.2 Å². The van der Waals surface area contributed by atoms with Crippen LogP contribution >= 0.6 is 0 Å². The summed E-state index contributed by atoms with van der Waals surface area (Å²) in [6, 6.07) is 0. The van der Waals surface area contributed by atoms with E-state index < -0.39 is 12.3 Å². The highest BCUT2D eigenvalue weighted by Gasteiger charge is 2.17. The highest BCUT2D eigenvalue weighted by atomic mass is 16.3. The summed E-state index contributed by atoms with van der Waals surface area (Å²) in [7, 11) is 0. The van der Waals surface area contributed by atoms with Crippen LogP contribution in [0.5, 0.6) is 0 Å². The lowest BCUT2D eigenvalue weighted by Crippen LogP contribution is -2.19. The Hall–Kier alpha value is -0.740. The molecule has 2 radical (unpaired) electrons. The first kappa shape index (κ1) is 5.40. The summed E-state index contributed by atoms with van der Waals surface area (Å²) in [5, 5.41) is 26.9. The maximum absolute atomic E-state index is 10.3. The molecule has 0 bridgehead atoms. The zero-order valence-corrected chi connectivity index (χ0v) is 4.02. The van der Waals surface area contributed by atoms with Gasteiger partial charge in [-0.25, -0.2) is 10.2 Å². The second kappa shape index (κ2) is 2.02. The summed E-state index contributed by atoms with van der Waals surface area (Å²) in [6.45, 7) is 0. The average molecular weight is 112 g/mol. The Morgan fingerprint density at radius 1 is 1.38 bits per heavy atom. The van der Waals surface area contributed by atoms with E-state index >= 15 is 0 Å². The third-order valence-electron chi connectivity index (χ3n) is 0.804. The van der Waals surface area contributed by atoms with Gasteiger partial charge in [-0.05, 0) is 6.08 Å². The number of hydrogen-bond donors (Lipinski definition) is 0. The van der Waals surface area contributed by atoms with E-state index in [1.54, 1.807) is 0 Å². The molecule has 0 amide bonds. The maximum atomic E-state index is 10.3. The van der Waals surface area contributed by atoms with E-state index in [0.717, 1.165) is 0 Å². The normalized spacial score (nSPS) is 35.8. The van der Waals surface area contributed by atoms with Gasteiger partial charge in [0, 0.05) is 6.20 Å². The third-order valence-corrected chi connectivity index (χ3v) is 0.804. The molecule has 0 aromatic rings. The van der Waals surface area contributed by atoms with Gasteiger partial charge < -0.3 is 0 Å². The van der Waals surface area contributed by atoms with E-state index in [9.17, 15) is 10.2 Å². The summed E-state index contributed by atoms with van der Waals surface area (Å²) in [4.78, 5) is 0. The van der Waals surface area contributed by atoms with Crippen LogP contribution in [0.4, 0.5) is 0 Å². The Bertz CT molecular complexity index is 116. The van der Waals surface area contributed by atoms with Crippen molar-refractivity contribution in [2.45, 2.75) is 12.3 Å². The molecule has 0 aromatic carbocycles. The second-order valence-electron chi connectivity index (χ2n) is 1.43. The molecule has 2 atom stereocenters. The van der Waals surface area contributed by atoms with Gasteiger partial charge in [0.15, 0.2) is 6.10 Å². The molecule has 0 aliphatic carbocycles. The van der Waals surface area contributed by atoms with Gasteiger partial charge in [-0.2, -0.15) is 10.2 Å². The van der Waals surface area contributed by atoms with Gasteiger partial charge in [0.2, 0.25) is 6.23 Å². The first-order chi connectivity index (χ1) is 3.80. The molecule has 1 aliphatic rings. The SMILES string of the molecule is [O]C1C=CN=NC1[O]. The minimum atomic E-state index is -1.43. The fourth-order valence-electron chi connectivity index (χ4n) is 0.388. The molecule has 42 valence electrons. The van der Waals surface area contributed by atoms with Gasteiger partial charge in [-0.3, -0.25) is 0 Å². The Labute approximate surface area is 46.2 Å². The van der Waals surface area contributed by atoms with E-state index in [1.165, 1.54) is 12.3 Å². The average Bonchev–Trinajstić information content (AvgIpc) is 1.77. The van der Waals surface area contributed by atoms with E-state index in [-0.39, 0.29) is 0 Å². The predicted octanol–water partition coefficient (Wildman–Crippen LogP) is 0.522. The zero-order chi connectivity index (χ0) is 5.98. The molecule has 0 saturated carbocycles. The van der Waals surface area contributed by atoms with Crippen molar-refractivity contribution in [3.63, 3.8) is 0 Å². The Balaban J connectivity index is 2.59. The number of nitrogens with zero attached hydrogens (tertiary/aromatic N) is 2. The molecule has 1 heterocycles. The smallest absolute Gasteiger partial charge is 0.223 e. The largest absolute Gasteiger partial charge is 0.235 e. The van der Waals surface area contributed by atoms with Gasteiger partial charge in [-0.1, -0.05) is 0 Å². The van der Waals surface area contributed by atoms with E-state index in [2.05, 4.69) is 10.2 Å². The van der Waals surface area contributed by atoms with Crippen LogP contribution in [-0.2, 0) is 10.2 Å². The molecule has 4 heteroatoms. The van der Waals surface area contributed by atoms with Crippen molar-refractivity contribution in [3.05, 3.63) is 12.3 Å². The fourth-order valence-corrected chi connectivity index (χ4v) is 0.388. The molecular weight excluding hydrogens is 108 g/mol. The molecule has 4 nitrogen and oxygen atoms in total. The van der Waals surface area contributed by atoms with Gasteiger partial charge >= 0.3 is 0 Å². The number of rotatable bonds is 0. The summed E-state index contributed by atoms with van der Waals surface area (Å²) in [6.07, 6.45) is -0.232. The predicted molar refractivity (Wildman–Crippen MR) is 22.9 cm³/mol. The first-order valence-electron chi connectivity index (χ1n) is 2.19. The molecule has 1 aliphatic heterocycles. The topological polar surface area (TPSA) is 64.5 Å². The summed E-state index contributed by atoms with van der Waals surface area (Å²) in [5.41, 5.74) is 0. The van der Waals surface area contributed by atoms with Crippen LogP contribution in [0, 0.1) is 0 Å². The van der Waals surface area contributed by atoms with Gasteiger partial charge in [0.25, 0.3) is 0 Å². The molecule has 1 rings (SSSR count). The Morgan fingerprint density at radius 3 is 2.50 bits per heavy atom. The highest BCUT2D eigenvalue weighted by Crippen LogP contribution is 2.04. The van der Waals surface area contributed by atoms with Crippen molar-refractivity contribution in [1.29, 1.82) is 0 Å². The van der Waals surface area contributed by atoms with Crippen molar-refractivity contribution in [2.75, 3.05) is 0 Å². The molecule has 0 saturated heterocycles. The van der Waals surface area contributed by atoms with Crippen molar-refractivity contribution in [3.8, 4) is 0 Å². The molecule has 2 unspecified atom stereocenters. The van der Waals surface area contributed by atoms with Crippen LogP contribution in [-0.4, -0.2) is 12.3 Å². The van der Waals surface area contributed by atoms with Crippen LogP contribution in [0.3, 0.4) is 0 Å². The van der Waals surface area contributed by atoms with E-state index in [4.69, 9.17) is 0 Å². The lowest BCUT2D eigenvalue weighted by Gasteiger charge is -2.04. The van der Waals surface area contributed by atoms with E-state index in [1.807, 2.05) is 0 Å². The molecule has 0 aromatic heterocycles. The standard InChI is InChI=1S/C4H4N2O2/c7-3-1-2-5-6-4(3)8/h1-4H. The molecule has 0 N–H and O–H groups in total. The zero-order valence-electron chi connectivity index (χ0n) is 4.02. The van der Waals surface area contributed by atoms with Gasteiger partial charge in [-0.15, -0.1) is 0 Å². The van der Waals surface area contributed by atoms with Gasteiger partial charge in [0.05, 0.1) is 0 Å². The van der Waals surface area contributed by atoms with Crippen LogP contribution in [0.15, 0.2) is 22.5 Å². The minimum Gasteiger partial charge on any atom is -0.223 e.